The van der Waals surface area contributed by atoms with Crippen LogP contribution in [0.5, 0.6) is 0 Å². The standard InChI is InChI=1S/C16H27N3O3/c1-4-11(3)17-13(20)10-19-14(21)16(18-15(19)22)8-6-12(5-2)7-9-16/h11-12H,4-10H2,1-3H3,(H,17,20)(H,18,22)/t11-,12?,16?/m1/s1. The van der Waals surface area contributed by atoms with E-state index in [-0.39, 0.29) is 24.4 Å². The van der Waals surface area contributed by atoms with Crippen LogP contribution >= 0.6 is 0 Å². The normalized spacial score (nSPS) is 29.6. The van der Waals surface area contributed by atoms with Crippen LogP contribution in [0.2, 0.25) is 0 Å². The fourth-order valence-corrected chi connectivity index (χ4v) is 3.30. The van der Waals surface area contributed by atoms with Gasteiger partial charge in [-0.1, -0.05) is 20.3 Å². The molecule has 0 aromatic heterocycles. The van der Waals surface area contributed by atoms with Crippen molar-refractivity contribution in [3.63, 3.8) is 0 Å². The fourth-order valence-electron chi connectivity index (χ4n) is 3.30. The van der Waals surface area contributed by atoms with Crippen molar-refractivity contribution in [2.75, 3.05) is 6.54 Å². The first-order chi connectivity index (χ1) is 10.4. The van der Waals surface area contributed by atoms with E-state index in [1.807, 2.05) is 13.8 Å². The van der Waals surface area contributed by atoms with E-state index in [0.717, 1.165) is 30.6 Å². The van der Waals surface area contributed by atoms with Gasteiger partial charge in [-0.2, -0.15) is 0 Å². The molecule has 1 saturated carbocycles. The molecule has 22 heavy (non-hydrogen) atoms. The van der Waals surface area contributed by atoms with Crippen LogP contribution in [-0.2, 0) is 9.59 Å². The van der Waals surface area contributed by atoms with Crippen LogP contribution in [0, 0.1) is 5.92 Å². The monoisotopic (exact) mass is 309 g/mol. The third-order valence-corrected chi connectivity index (χ3v) is 5.10. The highest BCUT2D eigenvalue weighted by Gasteiger charge is 2.52. The summed E-state index contributed by atoms with van der Waals surface area (Å²) in [6.45, 7) is 5.84. The summed E-state index contributed by atoms with van der Waals surface area (Å²) in [5.74, 6) is 0.126. The van der Waals surface area contributed by atoms with Crippen LogP contribution in [-0.4, -0.2) is 40.9 Å². The van der Waals surface area contributed by atoms with Gasteiger partial charge in [0.05, 0.1) is 0 Å². The summed E-state index contributed by atoms with van der Waals surface area (Å²) < 4.78 is 0. The molecule has 124 valence electrons. The summed E-state index contributed by atoms with van der Waals surface area (Å²) in [5.41, 5.74) is -0.764. The number of nitrogens with zero attached hydrogens (tertiary/aromatic N) is 1. The summed E-state index contributed by atoms with van der Waals surface area (Å²) in [4.78, 5) is 37.8. The van der Waals surface area contributed by atoms with Crippen LogP contribution < -0.4 is 10.6 Å². The molecule has 6 heteroatoms. The summed E-state index contributed by atoms with van der Waals surface area (Å²) >= 11 is 0. The zero-order valence-electron chi connectivity index (χ0n) is 13.8. The Bertz CT molecular complexity index is 456. The number of imide groups is 1. The van der Waals surface area contributed by atoms with Crippen molar-refractivity contribution in [3.8, 4) is 0 Å². The van der Waals surface area contributed by atoms with E-state index in [1.165, 1.54) is 0 Å². The molecule has 1 aliphatic carbocycles. The van der Waals surface area contributed by atoms with Crippen LogP contribution in [0.4, 0.5) is 4.79 Å². The molecule has 2 rings (SSSR count). The van der Waals surface area contributed by atoms with Crippen LogP contribution in [0.15, 0.2) is 0 Å². The van der Waals surface area contributed by atoms with Gasteiger partial charge in [-0.3, -0.25) is 14.5 Å². The SMILES string of the molecule is CCC1CCC2(CC1)NC(=O)N(CC(=O)N[C@H](C)CC)C2=O. The Labute approximate surface area is 132 Å². The fraction of sp³-hybridized carbons (Fsp3) is 0.812. The molecule has 2 fully saturated rings. The van der Waals surface area contributed by atoms with Gasteiger partial charge < -0.3 is 10.6 Å². The van der Waals surface area contributed by atoms with E-state index in [1.54, 1.807) is 0 Å². The first kappa shape index (κ1) is 16.8. The quantitative estimate of drug-likeness (QED) is 0.760. The molecule has 2 aliphatic rings. The van der Waals surface area contributed by atoms with Gasteiger partial charge >= 0.3 is 6.03 Å². The molecule has 0 unspecified atom stereocenters. The summed E-state index contributed by atoms with van der Waals surface area (Å²) in [5, 5.41) is 5.64. The number of urea groups is 1. The summed E-state index contributed by atoms with van der Waals surface area (Å²) in [6.07, 6.45) is 5.19. The Hall–Kier alpha value is -1.59. The second-order valence-electron chi connectivity index (χ2n) is 6.63. The molecular weight excluding hydrogens is 282 g/mol. The van der Waals surface area contributed by atoms with Gasteiger partial charge in [-0.25, -0.2) is 4.79 Å². The first-order valence-corrected chi connectivity index (χ1v) is 8.35. The highest BCUT2D eigenvalue weighted by Crippen LogP contribution is 2.37. The minimum absolute atomic E-state index is 0.0437. The molecule has 0 radical (unpaired) electrons. The van der Waals surface area contributed by atoms with Gasteiger partial charge in [-0.05, 0) is 44.9 Å². The highest BCUT2D eigenvalue weighted by molar-refractivity contribution is 6.09. The lowest BCUT2D eigenvalue weighted by Crippen LogP contribution is -2.50. The van der Waals surface area contributed by atoms with Gasteiger partial charge in [0.1, 0.15) is 12.1 Å². The lowest BCUT2D eigenvalue weighted by molar-refractivity contribution is -0.136. The van der Waals surface area contributed by atoms with Crippen molar-refractivity contribution in [2.45, 2.75) is 70.9 Å². The van der Waals surface area contributed by atoms with Gasteiger partial charge in [-0.15, -0.1) is 0 Å². The van der Waals surface area contributed by atoms with Gasteiger partial charge in [0, 0.05) is 6.04 Å². The Morgan fingerprint density at radius 1 is 1.36 bits per heavy atom. The number of hydrogen-bond donors (Lipinski definition) is 2. The van der Waals surface area contributed by atoms with Crippen molar-refractivity contribution < 1.29 is 14.4 Å². The number of nitrogens with one attached hydrogen (secondary N) is 2. The Kier molecular flexibility index (Phi) is 5.08. The lowest BCUT2D eigenvalue weighted by Gasteiger charge is -2.34. The smallest absolute Gasteiger partial charge is 0.325 e. The van der Waals surface area contributed by atoms with Crippen molar-refractivity contribution in [3.05, 3.63) is 0 Å². The average Bonchev–Trinajstić information content (AvgIpc) is 2.72. The highest BCUT2D eigenvalue weighted by atomic mass is 16.2. The Morgan fingerprint density at radius 2 is 2.00 bits per heavy atom. The molecule has 2 N–H and O–H groups in total. The summed E-state index contributed by atoms with van der Waals surface area (Å²) in [7, 11) is 0. The van der Waals surface area contributed by atoms with E-state index in [0.29, 0.717) is 18.8 Å². The molecule has 1 saturated heterocycles. The second-order valence-corrected chi connectivity index (χ2v) is 6.63. The number of amides is 4. The number of rotatable bonds is 5. The maximum Gasteiger partial charge on any atom is 0.325 e. The predicted octanol–water partition coefficient (Wildman–Crippen LogP) is 1.79. The minimum atomic E-state index is -0.764. The Balaban J connectivity index is 1.99. The molecule has 1 spiro atoms. The van der Waals surface area contributed by atoms with Crippen molar-refractivity contribution in [2.24, 2.45) is 5.92 Å². The van der Waals surface area contributed by atoms with Crippen LogP contribution in [0.1, 0.15) is 59.3 Å². The maximum absolute atomic E-state index is 12.6. The third-order valence-electron chi connectivity index (χ3n) is 5.10. The van der Waals surface area contributed by atoms with E-state index >= 15 is 0 Å². The van der Waals surface area contributed by atoms with E-state index < -0.39 is 11.6 Å². The molecule has 0 bridgehead atoms. The van der Waals surface area contributed by atoms with E-state index in [2.05, 4.69) is 17.6 Å². The van der Waals surface area contributed by atoms with Crippen molar-refractivity contribution >= 4 is 17.8 Å². The van der Waals surface area contributed by atoms with Crippen LogP contribution in [0.25, 0.3) is 0 Å². The molecular formula is C16H27N3O3. The van der Waals surface area contributed by atoms with Crippen molar-refractivity contribution in [1.29, 1.82) is 0 Å². The number of hydrogen-bond acceptors (Lipinski definition) is 3. The van der Waals surface area contributed by atoms with Gasteiger partial charge in [0.25, 0.3) is 5.91 Å². The zero-order valence-corrected chi connectivity index (χ0v) is 13.8. The van der Waals surface area contributed by atoms with Gasteiger partial charge in [0.15, 0.2) is 0 Å². The predicted molar refractivity (Wildman–Crippen MR) is 83.1 cm³/mol. The largest absolute Gasteiger partial charge is 0.352 e. The molecule has 1 atom stereocenters. The molecule has 4 amide bonds. The zero-order chi connectivity index (χ0) is 16.3. The molecule has 1 heterocycles. The lowest BCUT2D eigenvalue weighted by atomic mass is 9.75. The average molecular weight is 309 g/mol. The number of carbonyl (C=O) groups excluding carboxylic acids is 3. The summed E-state index contributed by atoms with van der Waals surface area (Å²) in [6, 6.07) is -0.388. The van der Waals surface area contributed by atoms with Crippen LogP contribution in [0.3, 0.4) is 0 Å². The maximum atomic E-state index is 12.6. The van der Waals surface area contributed by atoms with Crippen molar-refractivity contribution in [1.82, 2.24) is 15.5 Å². The van der Waals surface area contributed by atoms with E-state index in [9.17, 15) is 14.4 Å². The topological polar surface area (TPSA) is 78.5 Å². The Morgan fingerprint density at radius 3 is 2.55 bits per heavy atom. The first-order valence-electron chi connectivity index (χ1n) is 8.35. The second kappa shape index (κ2) is 6.67. The molecule has 0 aromatic rings. The minimum Gasteiger partial charge on any atom is -0.352 e. The third kappa shape index (κ3) is 3.25. The van der Waals surface area contributed by atoms with E-state index in [4.69, 9.17) is 0 Å². The molecule has 1 aliphatic heterocycles. The van der Waals surface area contributed by atoms with Gasteiger partial charge in [0.2, 0.25) is 5.91 Å². The molecule has 6 nitrogen and oxygen atoms in total. The molecule has 0 aromatic carbocycles. The number of carbonyl (C=O) groups is 3.